The third-order valence-corrected chi connectivity index (χ3v) is 2.13. The van der Waals surface area contributed by atoms with Crippen molar-refractivity contribution in [2.24, 2.45) is 0 Å². The fourth-order valence-electron chi connectivity index (χ4n) is 1.36. The maximum absolute atomic E-state index is 11.6. The van der Waals surface area contributed by atoms with E-state index in [-0.39, 0.29) is 13.0 Å². The molecule has 0 unspecified atom stereocenters. The number of aromatic nitrogens is 2. The van der Waals surface area contributed by atoms with Gasteiger partial charge in [-0.15, -0.1) is 0 Å². The van der Waals surface area contributed by atoms with Crippen LogP contribution >= 0.6 is 0 Å². The molecule has 0 atom stereocenters. The van der Waals surface area contributed by atoms with Gasteiger partial charge in [0.2, 0.25) is 5.89 Å². The highest BCUT2D eigenvalue weighted by Crippen LogP contribution is 1.96. The van der Waals surface area contributed by atoms with Gasteiger partial charge in [-0.25, -0.2) is 4.79 Å². The van der Waals surface area contributed by atoms with Crippen LogP contribution in [0.25, 0.3) is 0 Å². The van der Waals surface area contributed by atoms with Gasteiger partial charge in [0.1, 0.15) is 13.1 Å². The molecular formula is C10H14N4O6. The Morgan fingerprint density at radius 3 is 2.30 bits per heavy atom. The maximum Gasteiger partial charge on any atom is 0.323 e. The van der Waals surface area contributed by atoms with Gasteiger partial charge in [0, 0.05) is 19.9 Å². The zero-order valence-corrected chi connectivity index (χ0v) is 10.7. The lowest BCUT2D eigenvalue weighted by molar-refractivity contribution is -0.140. The summed E-state index contributed by atoms with van der Waals surface area (Å²) in [5.74, 6) is -1.80. The first-order chi connectivity index (χ1) is 9.38. The fraction of sp³-hybridized carbons (Fsp3) is 0.500. The predicted octanol–water partition coefficient (Wildman–Crippen LogP) is -0.899. The molecule has 2 amide bonds. The molecule has 0 aliphatic rings. The SMILES string of the molecule is Cc1nc(CCNC(=O)N(CC(=O)O)CC(=O)O)no1. The van der Waals surface area contributed by atoms with Crippen LogP contribution in [-0.4, -0.2) is 62.9 Å². The Bertz CT molecular complexity index is 484. The van der Waals surface area contributed by atoms with Crippen LogP contribution in [0.5, 0.6) is 0 Å². The van der Waals surface area contributed by atoms with E-state index in [2.05, 4.69) is 15.5 Å². The fourth-order valence-corrected chi connectivity index (χ4v) is 1.36. The first-order valence-electron chi connectivity index (χ1n) is 5.64. The Labute approximate surface area is 113 Å². The minimum atomic E-state index is -1.30. The Morgan fingerprint density at radius 1 is 1.25 bits per heavy atom. The normalized spacial score (nSPS) is 10.1. The summed E-state index contributed by atoms with van der Waals surface area (Å²) in [6, 6.07) is -0.782. The molecule has 0 saturated carbocycles. The molecule has 10 nitrogen and oxygen atoms in total. The van der Waals surface area contributed by atoms with E-state index < -0.39 is 31.1 Å². The second-order valence-corrected chi connectivity index (χ2v) is 3.86. The van der Waals surface area contributed by atoms with Crippen LogP contribution in [0.1, 0.15) is 11.7 Å². The zero-order chi connectivity index (χ0) is 15.1. The van der Waals surface area contributed by atoms with Crippen LogP contribution in [0, 0.1) is 6.92 Å². The van der Waals surface area contributed by atoms with Gasteiger partial charge in [-0.3, -0.25) is 9.59 Å². The Balaban J connectivity index is 2.44. The van der Waals surface area contributed by atoms with E-state index in [9.17, 15) is 14.4 Å². The average Bonchev–Trinajstić information content (AvgIpc) is 2.73. The molecule has 1 rings (SSSR count). The summed E-state index contributed by atoms with van der Waals surface area (Å²) in [7, 11) is 0. The summed E-state index contributed by atoms with van der Waals surface area (Å²) >= 11 is 0. The molecule has 1 heterocycles. The van der Waals surface area contributed by atoms with E-state index >= 15 is 0 Å². The highest BCUT2D eigenvalue weighted by molar-refractivity contribution is 5.84. The van der Waals surface area contributed by atoms with Crippen LogP contribution in [0.2, 0.25) is 0 Å². The van der Waals surface area contributed by atoms with Gasteiger partial charge >= 0.3 is 18.0 Å². The highest BCUT2D eigenvalue weighted by atomic mass is 16.5. The number of carboxylic acids is 2. The number of hydrogen-bond donors (Lipinski definition) is 3. The minimum Gasteiger partial charge on any atom is -0.480 e. The van der Waals surface area contributed by atoms with Crippen molar-refractivity contribution >= 4 is 18.0 Å². The number of nitrogens with zero attached hydrogens (tertiary/aromatic N) is 3. The third kappa shape index (κ3) is 5.33. The molecule has 0 spiro atoms. The van der Waals surface area contributed by atoms with Gasteiger partial charge in [0.05, 0.1) is 0 Å². The number of aryl methyl sites for hydroxylation is 1. The summed E-state index contributed by atoms with van der Waals surface area (Å²) in [5.41, 5.74) is 0. The molecule has 1 aromatic rings. The van der Waals surface area contributed by atoms with Crippen molar-refractivity contribution < 1.29 is 29.1 Å². The summed E-state index contributed by atoms with van der Waals surface area (Å²) < 4.78 is 4.74. The number of aliphatic carboxylic acids is 2. The van der Waals surface area contributed by atoms with Crippen molar-refractivity contribution in [2.45, 2.75) is 13.3 Å². The molecule has 0 radical (unpaired) electrons. The average molecular weight is 286 g/mol. The zero-order valence-electron chi connectivity index (χ0n) is 10.7. The van der Waals surface area contributed by atoms with Gasteiger partial charge in [0.15, 0.2) is 5.82 Å². The van der Waals surface area contributed by atoms with E-state index in [1.807, 2.05) is 0 Å². The number of carboxylic acid groups (broad SMARTS) is 2. The third-order valence-electron chi connectivity index (χ3n) is 2.13. The number of carbonyl (C=O) groups is 3. The number of urea groups is 1. The van der Waals surface area contributed by atoms with E-state index in [0.29, 0.717) is 16.6 Å². The second kappa shape index (κ2) is 7.07. The molecule has 0 aromatic carbocycles. The Morgan fingerprint density at radius 2 is 1.85 bits per heavy atom. The standard InChI is InChI=1S/C10H14N4O6/c1-6-12-7(13-20-6)2-3-11-10(19)14(4-8(15)16)5-9(17)18/h2-5H2,1H3,(H,11,19)(H,15,16)(H,17,18). The number of hydrogen-bond acceptors (Lipinski definition) is 6. The van der Waals surface area contributed by atoms with Crippen LogP contribution < -0.4 is 5.32 Å². The van der Waals surface area contributed by atoms with Crippen molar-refractivity contribution in [1.82, 2.24) is 20.4 Å². The minimum absolute atomic E-state index is 0.132. The summed E-state index contributed by atoms with van der Waals surface area (Å²) in [6.45, 7) is 0.364. The molecule has 10 heteroatoms. The van der Waals surface area contributed by atoms with E-state index in [1.54, 1.807) is 6.92 Å². The van der Waals surface area contributed by atoms with Crippen molar-refractivity contribution in [3.8, 4) is 0 Å². The van der Waals surface area contributed by atoms with Crippen molar-refractivity contribution in [2.75, 3.05) is 19.6 Å². The molecule has 110 valence electrons. The van der Waals surface area contributed by atoms with E-state index in [1.165, 1.54) is 0 Å². The first kappa shape index (κ1) is 15.4. The lowest BCUT2D eigenvalue weighted by Crippen LogP contribution is -2.45. The van der Waals surface area contributed by atoms with Crippen molar-refractivity contribution in [1.29, 1.82) is 0 Å². The van der Waals surface area contributed by atoms with Gasteiger partial charge < -0.3 is 25.0 Å². The molecule has 0 aliphatic heterocycles. The largest absolute Gasteiger partial charge is 0.480 e. The first-order valence-corrected chi connectivity index (χ1v) is 5.64. The summed E-state index contributed by atoms with van der Waals surface area (Å²) in [5, 5.41) is 23.2. The number of amides is 2. The summed E-state index contributed by atoms with van der Waals surface area (Å²) in [6.07, 6.45) is 0.289. The molecule has 3 N–H and O–H groups in total. The molecule has 0 fully saturated rings. The smallest absolute Gasteiger partial charge is 0.323 e. The molecule has 20 heavy (non-hydrogen) atoms. The topological polar surface area (TPSA) is 146 Å². The van der Waals surface area contributed by atoms with Gasteiger partial charge in [-0.2, -0.15) is 4.98 Å². The van der Waals surface area contributed by atoms with Gasteiger partial charge in [-0.05, 0) is 0 Å². The molecule has 0 aliphatic carbocycles. The predicted molar refractivity (Wildman–Crippen MR) is 63.0 cm³/mol. The molecule has 1 aromatic heterocycles. The van der Waals surface area contributed by atoms with Crippen molar-refractivity contribution in [3.63, 3.8) is 0 Å². The lowest BCUT2D eigenvalue weighted by atomic mass is 10.4. The number of rotatable bonds is 7. The van der Waals surface area contributed by atoms with Crippen LogP contribution in [0.15, 0.2) is 4.52 Å². The summed E-state index contributed by atoms with van der Waals surface area (Å²) in [4.78, 5) is 37.3. The van der Waals surface area contributed by atoms with Gasteiger partial charge in [-0.1, -0.05) is 5.16 Å². The van der Waals surface area contributed by atoms with Crippen LogP contribution in [0.4, 0.5) is 4.79 Å². The molecule has 0 saturated heterocycles. The van der Waals surface area contributed by atoms with Gasteiger partial charge in [0.25, 0.3) is 0 Å². The Hall–Kier alpha value is -2.65. The quantitative estimate of drug-likeness (QED) is 0.584. The van der Waals surface area contributed by atoms with E-state index in [4.69, 9.17) is 14.7 Å². The monoisotopic (exact) mass is 286 g/mol. The van der Waals surface area contributed by atoms with Crippen molar-refractivity contribution in [3.05, 3.63) is 11.7 Å². The number of nitrogens with one attached hydrogen (secondary N) is 1. The second-order valence-electron chi connectivity index (χ2n) is 3.86. The van der Waals surface area contributed by atoms with E-state index in [0.717, 1.165) is 0 Å². The number of carbonyl (C=O) groups excluding carboxylic acids is 1. The van der Waals surface area contributed by atoms with Crippen LogP contribution in [0.3, 0.4) is 0 Å². The maximum atomic E-state index is 11.6. The van der Waals surface area contributed by atoms with Crippen LogP contribution in [-0.2, 0) is 16.0 Å². The molecule has 0 bridgehead atoms. The Kier molecular flexibility index (Phi) is 5.44. The molecular weight excluding hydrogens is 272 g/mol. The highest BCUT2D eigenvalue weighted by Gasteiger charge is 2.19. The lowest BCUT2D eigenvalue weighted by Gasteiger charge is -2.18.